The predicted octanol–water partition coefficient (Wildman–Crippen LogP) is 12.8. The van der Waals surface area contributed by atoms with Crippen LogP contribution in [0.5, 0.6) is 0 Å². The van der Waals surface area contributed by atoms with E-state index in [1.54, 1.807) is 0 Å². The van der Waals surface area contributed by atoms with Crippen LogP contribution in [-0.2, 0) is 0 Å². The van der Waals surface area contributed by atoms with E-state index < -0.39 is 0 Å². The Morgan fingerprint density at radius 1 is 0.442 bits per heavy atom. The average molecular weight is 664 g/mol. The number of aromatic nitrogens is 3. The Labute approximate surface area is 298 Å². The lowest BCUT2D eigenvalue weighted by Crippen LogP contribution is -2.04. The molecule has 3 aromatic heterocycles. The summed E-state index contributed by atoms with van der Waals surface area (Å²) in [6.07, 6.45) is 0. The summed E-state index contributed by atoms with van der Waals surface area (Å²) in [5.41, 5.74) is 9.75. The largest absolute Gasteiger partial charge is 0.455 e. The molecular formula is C48H29N3O. The first kappa shape index (κ1) is 28.8. The third-order valence-electron chi connectivity index (χ3n) is 10.4. The molecule has 0 fully saturated rings. The SMILES string of the molecule is c1ccc(-c2cc(-c3ccccc3)nc(-n3c4ccc5ccccc5c4c4cccc(-c5c6ccccc6cc6c5oc5ccccc56)c43)n2)cc1. The van der Waals surface area contributed by atoms with Crippen molar-refractivity contribution in [1.82, 2.24) is 14.5 Å². The van der Waals surface area contributed by atoms with Crippen molar-refractivity contribution < 1.29 is 4.42 Å². The van der Waals surface area contributed by atoms with Gasteiger partial charge in [0, 0.05) is 43.8 Å². The van der Waals surface area contributed by atoms with E-state index in [2.05, 4.69) is 162 Å². The molecule has 0 aliphatic rings. The maximum atomic E-state index is 6.80. The standard InChI is InChI=1S/C48H29N3O/c1-3-15-31(16-4-1)40-29-41(32-17-5-2-6-18-32)50-48(49-40)51-42-27-26-30-14-7-9-20-34(30)44(42)37-23-13-24-38(46(37)51)45-35-21-10-8-19-33(35)28-39-36-22-11-12-25-43(36)52-47(39)45/h1-29H. The zero-order valence-electron chi connectivity index (χ0n) is 28.0. The van der Waals surface area contributed by atoms with Gasteiger partial charge in [0.2, 0.25) is 5.95 Å². The van der Waals surface area contributed by atoms with Gasteiger partial charge in [-0.15, -0.1) is 0 Å². The molecule has 4 heteroatoms. The first-order valence-corrected chi connectivity index (χ1v) is 17.6. The summed E-state index contributed by atoms with van der Waals surface area (Å²) in [6.45, 7) is 0. The first-order chi connectivity index (χ1) is 25.8. The highest BCUT2D eigenvalue weighted by Gasteiger charge is 2.24. The van der Waals surface area contributed by atoms with Gasteiger partial charge in [-0.2, -0.15) is 0 Å². The molecule has 242 valence electrons. The zero-order chi connectivity index (χ0) is 34.2. The number of para-hydroxylation sites is 2. The second-order valence-electron chi connectivity index (χ2n) is 13.3. The van der Waals surface area contributed by atoms with Crippen LogP contribution in [0, 0.1) is 0 Å². The minimum atomic E-state index is 0.615. The van der Waals surface area contributed by atoms with Crippen molar-refractivity contribution in [2.24, 2.45) is 0 Å². The summed E-state index contributed by atoms with van der Waals surface area (Å²) >= 11 is 0. The highest BCUT2D eigenvalue weighted by atomic mass is 16.3. The Morgan fingerprint density at radius 2 is 1.06 bits per heavy atom. The molecule has 11 rings (SSSR count). The molecule has 8 aromatic carbocycles. The molecule has 0 amide bonds. The molecular weight excluding hydrogens is 635 g/mol. The van der Waals surface area contributed by atoms with Crippen LogP contribution in [0.1, 0.15) is 0 Å². The zero-order valence-corrected chi connectivity index (χ0v) is 28.0. The fourth-order valence-electron chi connectivity index (χ4n) is 8.08. The number of hydrogen-bond donors (Lipinski definition) is 0. The van der Waals surface area contributed by atoms with Crippen molar-refractivity contribution in [3.05, 3.63) is 176 Å². The lowest BCUT2D eigenvalue weighted by Gasteiger charge is -2.15. The number of nitrogens with zero attached hydrogens (tertiary/aromatic N) is 3. The Morgan fingerprint density at radius 3 is 1.81 bits per heavy atom. The van der Waals surface area contributed by atoms with E-state index in [0.717, 1.165) is 82.8 Å². The van der Waals surface area contributed by atoms with E-state index in [1.165, 1.54) is 16.2 Å². The van der Waals surface area contributed by atoms with E-state index >= 15 is 0 Å². The molecule has 0 radical (unpaired) electrons. The molecule has 0 bridgehead atoms. The molecule has 0 aliphatic carbocycles. The monoisotopic (exact) mass is 663 g/mol. The normalized spacial score (nSPS) is 11.8. The minimum Gasteiger partial charge on any atom is -0.455 e. The lowest BCUT2D eigenvalue weighted by atomic mass is 9.93. The van der Waals surface area contributed by atoms with Gasteiger partial charge in [-0.3, -0.25) is 4.57 Å². The lowest BCUT2D eigenvalue weighted by molar-refractivity contribution is 0.670. The highest BCUT2D eigenvalue weighted by molar-refractivity contribution is 6.26. The fourth-order valence-corrected chi connectivity index (χ4v) is 8.08. The van der Waals surface area contributed by atoms with Crippen LogP contribution >= 0.6 is 0 Å². The van der Waals surface area contributed by atoms with Crippen molar-refractivity contribution in [1.29, 1.82) is 0 Å². The van der Waals surface area contributed by atoms with Crippen molar-refractivity contribution >= 4 is 65.3 Å². The summed E-state index contributed by atoms with van der Waals surface area (Å²) < 4.78 is 9.08. The van der Waals surface area contributed by atoms with Crippen LogP contribution < -0.4 is 0 Å². The molecule has 3 heterocycles. The first-order valence-electron chi connectivity index (χ1n) is 17.6. The number of hydrogen-bond acceptors (Lipinski definition) is 3. The van der Waals surface area contributed by atoms with Gasteiger partial charge in [-0.1, -0.05) is 152 Å². The molecule has 0 saturated carbocycles. The summed E-state index contributed by atoms with van der Waals surface area (Å²) in [5, 5.41) is 9.19. The third-order valence-corrected chi connectivity index (χ3v) is 10.4. The van der Waals surface area contributed by atoms with Crippen LogP contribution in [0.15, 0.2) is 180 Å². The number of benzene rings is 8. The van der Waals surface area contributed by atoms with E-state index in [9.17, 15) is 0 Å². The summed E-state index contributed by atoms with van der Waals surface area (Å²) in [5.74, 6) is 0.615. The summed E-state index contributed by atoms with van der Waals surface area (Å²) in [7, 11) is 0. The number of rotatable bonds is 4. The molecule has 0 atom stereocenters. The van der Waals surface area contributed by atoms with E-state index in [1.807, 2.05) is 18.2 Å². The number of fused-ring (bicyclic) bond motifs is 9. The fraction of sp³-hybridized carbons (Fsp3) is 0. The van der Waals surface area contributed by atoms with Gasteiger partial charge in [0.15, 0.2) is 0 Å². The molecule has 52 heavy (non-hydrogen) atoms. The molecule has 4 nitrogen and oxygen atoms in total. The second-order valence-corrected chi connectivity index (χ2v) is 13.3. The highest BCUT2D eigenvalue weighted by Crippen LogP contribution is 2.46. The molecule has 0 spiro atoms. The van der Waals surface area contributed by atoms with Gasteiger partial charge in [0.25, 0.3) is 0 Å². The van der Waals surface area contributed by atoms with Gasteiger partial charge in [0.1, 0.15) is 11.2 Å². The summed E-state index contributed by atoms with van der Waals surface area (Å²) in [4.78, 5) is 10.7. The van der Waals surface area contributed by atoms with Crippen molar-refractivity contribution in [3.63, 3.8) is 0 Å². The van der Waals surface area contributed by atoms with Crippen molar-refractivity contribution in [3.8, 4) is 39.6 Å². The van der Waals surface area contributed by atoms with Crippen LogP contribution in [-0.4, -0.2) is 14.5 Å². The molecule has 0 saturated heterocycles. The minimum absolute atomic E-state index is 0.615. The third kappa shape index (κ3) is 4.28. The molecule has 0 unspecified atom stereocenters. The van der Waals surface area contributed by atoms with Crippen LogP contribution in [0.3, 0.4) is 0 Å². The summed E-state index contributed by atoms with van der Waals surface area (Å²) in [6, 6.07) is 61.8. The van der Waals surface area contributed by atoms with Gasteiger partial charge in [0.05, 0.1) is 22.4 Å². The van der Waals surface area contributed by atoms with Crippen molar-refractivity contribution in [2.75, 3.05) is 0 Å². The van der Waals surface area contributed by atoms with Crippen molar-refractivity contribution in [2.45, 2.75) is 0 Å². The van der Waals surface area contributed by atoms with Crippen LogP contribution in [0.25, 0.3) is 105 Å². The van der Waals surface area contributed by atoms with E-state index in [0.29, 0.717) is 5.95 Å². The van der Waals surface area contributed by atoms with Crippen LogP contribution in [0.2, 0.25) is 0 Å². The van der Waals surface area contributed by atoms with Gasteiger partial charge in [-0.05, 0) is 45.8 Å². The van der Waals surface area contributed by atoms with Crippen LogP contribution in [0.4, 0.5) is 0 Å². The smallest absolute Gasteiger partial charge is 0.235 e. The molecule has 0 N–H and O–H groups in total. The number of furan rings is 1. The van der Waals surface area contributed by atoms with E-state index in [4.69, 9.17) is 14.4 Å². The van der Waals surface area contributed by atoms with Gasteiger partial charge in [-0.25, -0.2) is 9.97 Å². The maximum Gasteiger partial charge on any atom is 0.235 e. The molecule has 11 aromatic rings. The Bertz CT molecular complexity index is 3120. The Kier molecular flexibility index (Phi) is 6.22. The van der Waals surface area contributed by atoms with Gasteiger partial charge < -0.3 is 4.42 Å². The second kappa shape index (κ2) is 11.2. The Balaban J connectivity index is 1.34. The average Bonchev–Trinajstić information content (AvgIpc) is 3.76. The van der Waals surface area contributed by atoms with E-state index in [-0.39, 0.29) is 0 Å². The molecule has 0 aliphatic heterocycles. The quantitative estimate of drug-likeness (QED) is 0.188. The predicted molar refractivity (Wildman–Crippen MR) is 215 cm³/mol. The Hall–Kier alpha value is -7.04. The maximum absolute atomic E-state index is 6.80. The topological polar surface area (TPSA) is 43.9 Å². The van der Waals surface area contributed by atoms with Gasteiger partial charge >= 0.3 is 0 Å².